The first kappa shape index (κ1) is 22.5. The Morgan fingerprint density at radius 2 is 1.90 bits per heavy atom. The largest absolute Gasteiger partial charge is 0.392 e. The number of halogens is 2. The molecule has 2 aromatic rings. The van der Waals surface area contributed by atoms with Crippen LogP contribution in [0.2, 0.25) is 0 Å². The Kier molecular flexibility index (Phi) is 6.67. The van der Waals surface area contributed by atoms with Crippen LogP contribution < -0.4 is 5.32 Å². The van der Waals surface area contributed by atoms with Gasteiger partial charge in [0.2, 0.25) is 0 Å². The van der Waals surface area contributed by atoms with E-state index in [2.05, 4.69) is 10.3 Å². The van der Waals surface area contributed by atoms with Crippen molar-refractivity contribution in [3.63, 3.8) is 0 Å². The van der Waals surface area contributed by atoms with Crippen LogP contribution in [0.1, 0.15) is 67.8 Å². The topological polar surface area (TPSA) is 79.3 Å². The SMILES string of the molecule is Cc1cc(C)c(C2C(=O)C(CCNC(=O)c3sc(C)nc3C(F)F)CC2O)c(C)c1. The number of aromatic nitrogens is 1. The standard InChI is InChI=1S/C22H26F2N2O3S/c1-10-7-11(2)16(12(3)8-10)17-15(27)9-14(19(17)28)5-6-25-22(29)20-18(21(23)24)26-13(4)30-20/h7-8,14-15,17,21,27H,5-6,9H2,1-4H3,(H,25,29). The van der Waals surface area contributed by atoms with Crippen molar-refractivity contribution in [1.82, 2.24) is 10.3 Å². The van der Waals surface area contributed by atoms with Gasteiger partial charge in [-0.2, -0.15) is 0 Å². The van der Waals surface area contributed by atoms with Crippen molar-refractivity contribution in [2.75, 3.05) is 6.54 Å². The molecule has 1 aromatic heterocycles. The Morgan fingerprint density at radius 3 is 2.50 bits per heavy atom. The van der Waals surface area contributed by atoms with E-state index in [-0.39, 0.29) is 23.1 Å². The lowest BCUT2D eigenvalue weighted by Gasteiger charge is -2.19. The van der Waals surface area contributed by atoms with Gasteiger partial charge in [-0.15, -0.1) is 11.3 Å². The van der Waals surface area contributed by atoms with Gasteiger partial charge in [-0.3, -0.25) is 9.59 Å². The molecule has 0 saturated heterocycles. The molecule has 5 nitrogen and oxygen atoms in total. The predicted octanol–water partition coefficient (Wildman–Crippen LogP) is 4.17. The highest BCUT2D eigenvalue weighted by molar-refractivity contribution is 7.13. The van der Waals surface area contributed by atoms with Crippen molar-refractivity contribution >= 4 is 23.0 Å². The minimum Gasteiger partial charge on any atom is -0.392 e. The maximum absolute atomic E-state index is 13.0. The smallest absolute Gasteiger partial charge is 0.282 e. The maximum Gasteiger partial charge on any atom is 0.282 e. The van der Waals surface area contributed by atoms with E-state index in [0.29, 0.717) is 17.8 Å². The van der Waals surface area contributed by atoms with Crippen LogP contribution in [0.25, 0.3) is 0 Å². The van der Waals surface area contributed by atoms with E-state index >= 15 is 0 Å². The summed E-state index contributed by atoms with van der Waals surface area (Å²) in [5.74, 6) is -1.60. The molecule has 8 heteroatoms. The number of hydrogen-bond acceptors (Lipinski definition) is 5. The molecular formula is C22H26F2N2O3S. The molecule has 0 spiro atoms. The van der Waals surface area contributed by atoms with E-state index in [1.807, 2.05) is 32.9 Å². The number of Topliss-reactive ketones (excluding diaryl/α,β-unsaturated/α-hetero) is 1. The van der Waals surface area contributed by atoms with Gasteiger partial charge in [0.1, 0.15) is 16.4 Å². The Hall–Kier alpha value is -2.19. The third kappa shape index (κ3) is 4.44. The summed E-state index contributed by atoms with van der Waals surface area (Å²) in [4.78, 5) is 29.0. The normalized spacial score (nSPS) is 21.5. The first-order chi connectivity index (χ1) is 14.1. The van der Waals surface area contributed by atoms with E-state index in [9.17, 15) is 23.5 Å². The van der Waals surface area contributed by atoms with Gasteiger partial charge >= 0.3 is 0 Å². The number of nitrogens with zero attached hydrogens (tertiary/aromatic N) is 1. The van der Waals surface area contributed by atoms with Crippen LogP contribution >= 0.6 is 11.3 Å². The van der Waals surface area contributed by atoms with Gasteiger partial charge in [-0.05, 0) is 57.2 Å². The number of thiazole rings is 1. The lowest BCUT2D eigenvalue weighted by Crippen LogP contribution is -2.27. The molecule has 3 unspecified atom stereocenters. The Morgan fingerprint density at radius 1 is 1.27 bits per heavy atom. The lowest BCUT2D eigenvalue weighted by atomic mass is 9.86. The van der Waals surface area contributed by atoms with E-state index in [0.717, 1.165) is 33.6 Å². The van der Waals surface area contributed by atoms with Gasteiger partial charge in [0.25, 0.3) is 12.3 Å². The van der Waals surface area contributed by atoms with Crippen molar-refractivity contribution in [2.24, 2.45) is 5.92 Å². The molecule has 1 heterocycles. The number of alkyl halides is 2. The first-order valence-electron chi connectivity index (χ1n) is 9.93. The van der Waals surface area contributed by atoms with Gasteiger partial charge in [0.05, 0.1) is 17.0 Å². The van der Waals surface area contributed by atoms with E-state index in [1.54, 1.807) is 6.92 Å². The van der Waals surface area contributed by atoms with Crippen LogP contribution in [-0.4, -0.2) is 34.4 Å². The van der Waals surface area contributed by atoms with Crippen molar-refractivity contribution in [2.45, 2.75) is 59.0 Å². The Balaban J connectivity index is 1.65. The summed E-state index contributed by atoms with van der Waals surface area (Å²) in [6.07, 6.45) is -2.91. The zero-order chi connectivity index (χ0) is 22.2. The second kappa shape index (κ2) is 8.89. The van der Waals surface area contributed by atoms with Crippen molar-refractivity contribution in [1.29, 1.82) is 0 Å². The summed E-state index contributed by atoms with van der Waals surface area (Å²) in [7, 11) is 0. The highest BCUT2D eigenvalue weighted by Gasteiger charge is 2.43. The first-order valence-corrected chi connectivity index (χ1v) is 10.7. The number of benzene rings is 1. The fourth-order valence-corrected chi connectivity index (χ4v) is 5.30. The van der Waals surface area contributed by atoms with E-state index in [4.69, 9.17) is 0 Å². The predicted molar refractivity (Wildman–Crippen MR) is 111 cm³/mol. The molecule has 30 heavy (non-hydrogen) atoms. The number of aliphatic hydroxyl groups is 1. The Labute approximate surface area is 178 Å². The minimum atomic E-state index is -2.82. The van der Waals surface area contributed by atoms with Crippen LogP contribution in [0.4, 0.5) is 8.78 Å². The molecule has 162 valence electrons. The second-order valence-electron chi connectivity index (χ2n) is 7.98. The summed E-state index contributed by atoms with van der Waals surface area (Å²) in [6, 6.07) is 4.01. The molecule has 1 aromatic carbocycles. The number of carbonyl (C=O) groups excluding carboxylic acids is 2. The molecule has 3 rings (SSSR count). The van der Waals surface area contributed by atoms with Gasteiger partial charge in [-0.1, -0.05) is 17.7 Å². The molecular weight excluding hydrogens is 410 g/mol. The zero-order valence-electron chi connectivity index (χ0n) is 17.5. The Bertz CT molecular complexity index is 950. The molecule has 1 aliphatic carbocycles. The van der Waals surface area contributed by atoms with Crippen LogP contribution in [0.3, 0.4) is 0 Å². The summed E-state index contributed by atoms with van der Waals surface area (Å²) >= 11 is 0.926. The highest BCUT2D eigenvalue weighted by atomic mass is 32.1. The molecule has 0 aliphatic heterocycles. The number of aliphatic hydroxyl groups excluding tert-OH is 1. The van der Waals surface area contributed by atoms with Gasteiger partial charge in [0, 0.05) is 12.5 Å². The van der Waals surface area contributed by atoms with Crippen LogP contribution in [0.15, 0.2) is 12.1 Å². The maximum atomic E-state index is 13.0. The average Bonchev–Trinajstić information content (AvgIpc) is 3.16. The monoisotopic (exact) mass is 436 g/mol. The quantitative estimate of drug-likeness (QED) is 0.712. The number of hydrogen-bond donors (Lipinski definition) is 2. The molecule has 1 aliphatic rings. The molecule has 0 bridgehead atoms. The number of nitrogens with one attached hydrogen (secondary N) is 1. The molecule has 1 amide bonds. The highest BCUT2D eigenvalue weighted by Crippen LogP contribution is 2.40. The zero-order valence-corrected chi connectivity index (χ0v) is 18.3. The van der Waals surface area contributed by atoms with Crippen molar-refractivity contribution < 1.29 is 23.5 Å². The summed E-state index contributed by atoms with van der Waals surface area (Å²) in [6.45, 7) is 7.62. The van der Waals surface area contributed by atoms with Crippen molar-refractivity contribution in [3.05, 3.63) is 50.0 Å². The molecule has 0 radical (unpaired) electrons. The van der Waals surface area contributed by atoms with Gasteiger partial charge in [-0.25, -0.2) is 13.8 Å². The molecule has 3 atom stereocenters. The number of ketones is 1. The second-order valence-corrected chi connectivity index (χ2v) is 9.19. The fraction of sp³-hybridized carbons (Fsp3) is 0.500. The molecule has 1 saturated carbocycles. The average molecular weight is 437 g/mol. The minimum absolute atomic E-state index is 0.0336. The van der Waals surface area contributed by atoms with Gasteiger partial charge < -0.3 is 10.4 Å². The number of carbonyl (C=O) groups is 2. The van der Waals surface area contributed by atoms with E-state index in [1.165, 1.54) is 0 Å². The van der Waals surface area contributed by atoms with Gasteiger partial charge in [0.15, 0.2) is 0 Å². The van der Waals surface area contributed by atoms with Crippen LogP contribution in [-0.2, 0) is 4.79 Å². The third-order valence-electron chi connectivity index (χ3n) is 5.62. The lowest BCUT2D eigenvalue weighted by molar-refractivity contribution is -0.122. The van der Waals surface area contributed by atoms with Crippen LogP contribution in [0.5, 0.6) is 0 Å². The van der Waals surface area contributed by atoms with Crippen molar-refractivity contribution in [3.8, 4) is 0 Å². The number of rotatable bonds is 6. The van der Waals surface area contributed by atoms with Crippen LogP contribution in [0, 0.1) is 33.6 Å². The third-order valence-corrected chi connectivity index (χ3v) is 6.61. The number of aryl methyl sites for hydroxylation is 4. The summed E-state index contributed by atoms with van der Waals surface area (Å²) in [5.41, 5.74) is 3.45. The van der Waals surface area contributed by atoms with E-state index < -0.39 is 30.0 Å². The number of amides is 1. The summed E-state index contributed by atoms with van der Waals surface area (Å²) in [5, 5.41) is 13.6. The summed E-state index contributed by atoms with van der Waals surface area (Å²) < 4.78 is 26.1. The molecule has 2 N–H and O–H groups in total. The molecule has 1 fully saturated rings. The fourth-order valence-electron chi connectivity index (χ4n) is 4.46.